The first kappa shape index (κ1) is 20.7. The highest BCUT2D eigenvalue weighted by atomic mass is 35.5. The van der Waals surface area contributed by atoms with E-state index in [1.54, 1.807) is 6.07 Å². The highest BCUT2D eigenvalue weighted by Gasteiger charge is 2.33. The number of tetrazole rings is 1. The lowest BCUT2D eigenvalue weighted by Gasteiger charge is -2.28. The fraction of sp³-hybridized carbons (Fsp3) is 0.550. The molecule has 10 heteroatoms. The molecule has 0 saturated carbocycles. The zero-order chi connectivity index (χ0) is 21.3. The number of carbonyl (C=O) groups excluding carboxylic acids is 1. The summed E-state index contributed by atoms with van der Waals surface area (Å²) in [4.78, 5) is 13.3. The zero-order valence-electron chi connectivity index (χ0n) is 17.4. The minimum atomic E-state index is -0.432. The molecule has 1 aromatic carbocycles. The number of H-pyrrole nitrogens is 1. The van der Waals surface area contributed by atoms with E-state index in [1.807, 2.05) is 37.6 Å². The van der Waals surface area contributed by atoms with Gasteiger partial charge in [0.15, 0.2) is 11.5 Å². The van der Waals surface area contributed by atoms with E-state index < -0.39 is 6.04 Å². The molecule has 0 aliphatic carbocycles. The Balaban J connectivity index is 1.67. The van der Waals surface area contributed by atoms with Crippen LogP contribution in [0.5, 0.6) is 0 Å². The molecule has 1 amide bonds. The molecule has 2 aromatic heterocycles. The average molecular weight is 432 g/mol. The molecule has 0 unspecified atom stereocenters. The summed E-state index contributed by atoms with van der Waals surface area (Å²) < 4.78 is 7.38. The molecule has 4 rings (SSSR count). The Hall–Kier alpha value is -2.52. The predicted molar refractivity (Wildman–Crippen MR) is 112 cm³/mol. The Morgan fingerprint density at radius 3 is 2.80 bits per heavy atom. The number of amides is 1. The molecule has 30 heavy (non-hydrogen) atoms. The molecular weight excluding hydrogens is 406 g/mol. The van der Waals surface area contributed by atoms with Gasteiger partial charge in [0.05, 0.1) is 11.6 Å². The van der Waals surface area contributed by atoms with E-state index in [-0.39, 0.29) is 11.3 Å². The first-order valence-corrected chi connectivity index (χ1v) is 10.5. The van der Waals surface area contributed by atoms with Gasteiger partial charge in [0.25, 0.3) is 5.91 Å². The second-order valence-corrected chi connectivity index (χ2v) is 9.23. The van der Waals surface area contributed by atoms with Crippen LogP contribution >= 0.6 is 11.6 Å². The van der Waals surface area contributed by atoms with Crippen molar-refractivity contribution in [3.8, 4) is 0 Å². The largest absolute Gasteiger partial charge is 0.381 e. The maximum atomic E-state index is 13.3. The van der Waals surface area contributed by atoms with Crippen LogP contribution in [0.1, 0.15) is 56.0 Å². The van der Waals surface area contributed by atoms with Gasteiger partial charge in [0.2, 0.25) is 0 Å². The Labute approximate surface area is 179 Å². The minimum absolute atomic E-state index is 0.294. The molecule has 3 heterocycles. The Morgan fingerprint density at radius 2 is 2.13 bits per heavy atom. The fourth-order valence-corrected chi connectivity index (χ4v) is 3.96. The maximum Gasteiger partial charge on any atom is 0.273 e. The summed E-state index contributed by atoms with van der Waals surface area (Å²) >= 11 is 6.24. The number of hydrogen-bond acceptors (Lipinski definition) is 6. The molecule has 0 spiro atoms. The molecule has 1 fully saturated rings. The van der Waals surface area contributed by atoms with Gasteiger partial charge in [-0.2, -0.15) is 10.3 Å². The van der Waals surface area contributed by atoms with Crippen LogP contribution < -0.4 is 5.32 Å². The lowest BCUT2D eigenvalue weighted by molar-refractivity contribution is 0.0604. The van der Waals surface area contributed by atoms with Crippen molar-refractivity contribution in [3.63, 3.8) is 0 Å². The van der Waals surface area contributed by atoms with Crippen molar-refractivity contribution in [2.75, 3.05) is 13.2 Å². The maximum absolute atomic E-state index is 13.3. The van der Waals surface area contributed by atoms with Gasteiger partial charge in [-0.15, -0.1) is 10.2 Å². The Bertz CT molecular complexity index is 1020. The second kappa shape index (κ2) is 8.31. The molecule has 2 N–H and O–H groups in total. The van der Waals surface area contributed by atoms with Crippen molar-refractivity contribution in [1.82, 2.24) is 35.7 Å². The summed E-state index contributed by atoms with van der Waals surface area (Å²) in [6.07, 6.45) is 1.97. The predicted octanol–water partition coefficient (Wildman–Crippen LogP) is 3.15. The average Bonchev–Trinajstić information content (AvgIpc) is 3.34. The third-order valence-corrected chi connectivity index (χ3v) is 5.70. The summed E-state index contributed by atoms with van der Waals surface area (Å²) in [7, 11) is 0. The number of halogens is 1. The van der Waals surface area contributed by atoms with Crippen LogP contribution in [0.25, 0.3) is 10.9 Å². The van der Waals surface area contributed by atoms with E-state index in [0.29, 0.717) is 22.5 Å². The molecule has 1 atom stereocenters. The smallest absolute Gasteiger partial charge is 0.273 e. The van der Waals surface area contributed by atoms with Gasteiger partial charge in [-0.25, -0.2) is 0 Å². The molecule has 0 radical (unpaired) electrons. The number of carbonyl (C=O) groups is 1. The molecule has 9 nitrogen and oxygen atoms in total. The van der Waals surface area contributed by atoms with E-state index in [1.165, 1.54) is 0 Å². The van der Waals surface area contributed by atoms with Crippen LogP contribution in [0.3, 0.4) is 0 Å². The van der Waals surface area contributed by atoms with Crippen molar-refractivity contribution < 1.29 is 9.53 Å². The first-order valence-electron chi connectivity index (χ1n) is 10.1. The standard InChI is InChI=1S/C20H26ClN7O2/c1-20(2,3)17(18-23-26-27-24-18)22-19(29)16-14-10-13(21)4-5-15(14)28(25-16)11-12-6-8-30-9-7-12/h4-5,10,12,17H,6-9,11H2,1-3H3,(H,22,29)(H,23,24,26,27)/t17-/m1/s1. The number of ether oxygens (including phenoxy) is 1. The zero-order valence-corrected chi connectivity index (χ0v) is 18.1. The van der Waals surface area contributed by atoms with E-state index in [2.05, 4.69) is 31.0 Å². The van der Waals surface area contributed by atoms with Gasteiger partial charge in [-0.05, 0) is 42.4 Å². The summed E-state index contributed by atoms with van der Waals surface area (Å²) in [6, 6.07) is 5.10. The fourth-order valence-electron chi connectivity index (χ4n) is 3.79. The first-order chi connectivity index (χ1) is 14.3. The van der Waals surface area contributed by atoms with Crippen LogP contribution in [0, 0.1) is 11.3 Å². The molecule has 1 aliphatic heterocycles. The number of aromatic amines is 1. The van der Waals surface area contributed by atoms with Gasteiger partial charge in [-0.1, -0.05) is 37.6 Å². The van der Waals surface area contributed by atoms with Crippen molar-refractivity contribution in [2.45, 2.75) is 46.2 Å². The Kier molecular flexibility index (Phi) is 5.75. The monoisotopic (exact) mass is 431 g/mol. The molecule has 1 saturated heterocycles. The quantitative estimate of drug-likeness (QED) is 0.642. The van der Waals surface area contributed by atoms with Crippen molar-refractivity contribution in [1.29, 1.82) is 0 Å². The highest BCUT2D eigenvalue weighted by Crippen LogP contribution is 2.31. The van der Waals surface area contributed by atoms with Crippen LogP contribution in [-0.4, -0.2) is 49.5 Å². The topological polar surface area (TPSA) is 111 Å². The third-order valence-electron chi connectivity index (χ3n) is 5.46. The van der Waals surface area contributed by atoms with Gasteiger partial charge >= 0.3 is 0 Å². The summed E-state index contributed by atoms with van der Waals surface area (Å²) in [6.45, 7) is 8.29. The van der Waals surface area contributed by atoms with E-state index in [0.717, 1.165) is 43.5 Å². The van der Waals surface area contributed by atoms with Gasteiger partial charge in [0.1, 0.15) is 0 Å². The number of aromatic nitrogens is 6. The number of rotatable bonds is 5. The van der Waals surface area contributed by atoms with Crippen LogP contribution in [-0.2, 0) is 11.3 Å². The highest BCUT2D eigenvalue weighted by molar-refractivity contribution is 6.31. The summed E-state index contributed by atoms with van der Waals surface area (Å²) in [5.41, 5.74) is 0.915. The van der Waals surface area contributed by atoms with Crippen LogP contribution in [0.4, 0.5) is 0 Å². The van der Waals surface area contributed by atoms with E-state index in [4.69, 9.17) is 16.3 Å². The van der Waals surface area contributed by atoms with Crippen LogP contribution in [0.15, 0.2) is 18.2 Å². The number of nitrogens with one attached hydrogen (secondary N) is 2. The number of benzene rings is 1. The van der Waals surface area contributed by atoms with Gasteiger partial charge < -0.3 is 10.1 Å². The van der Waals surface area contributed by atoms with Crippen molar-refractivity contribution in [2.24, 2.45) is 11.3 Å². The summed E-state index contributed by atoms with van der Waals surface area (Å²) in [5.74, 6) is 0.604. The third kappa shape index (κ3) is 4.32. The van der Waals surface area contributed by atoms with Gasteiger partial charge in [0, 0.05) is 30.2 Å². The molecule has 0 bridgehead atoms. The van der Waals surface area contributed by atoms with E-state index in [9.17, 15) is 4.79 Å². The summed E-state index contributed by atoms with van der Waals surface area (Å²) in [5, 5.41) is 23.2. The number of hydrogen-bond donors (Lipinski definition) is 2. The number of fused-ring (bicyclic) bond motifs is 1. The van der Waals surface area contributed by atoms with Crippen LogP contribution in [0.2, 0.25) is 5.02 Å². The number of nitrogens with zero attached hydrogens (tertiary/aromatic N) is 5. The normalized spacial score (nSPS) is 16.7. The molecular formula is C20H26ClN7O2. The van der Waals surface area contributed by atoms with E-state index >= 15 is 0 Å². The molecule has 1 aliphatic rings. The second-order valence-electron chi connectivity index (χ2n) is 8.79. The molecule has 3 aromatic rings. The van der Waals surface area contributed by atoms with Gasteiger partial charge in [-0.3, -0.25) is 9.48 Å². The molecule has 160 valence electrons. The van der Waals surface area contributed by atoms with Crippen molar-refractivity contribution in [3.05, 3.63) is 34.7 Å². The lowest BCUT2D eigenvalue weighted by atomic mass is 9.86. The lowest BCUT2D eigenvalue weighted by Crippen LogP contribution is -2.37. The van der Waals surface area contributed by atoms with Crippen molar-refractivity contribution >= 4 is 28.4 Å². The minimum Gasteiger partial charge on any atom is -0.381 e. The SMILES string of the molecule is CC(C)(C)[C@H](NC(=O)c1nn(CC2CCOCC2)c2ccc(Cl)cc12)c1nn[nH]n1. The Morgan fingerprint density at radius 1 is 1.37 bits per heavy atom.